The molecule has 6 nitrogen and oxygen atoms in total. The first-order chi connectivity index (χ1) is 12.2. The number of rotatable bonds is 5. The Hall–Kier alpha value is -2.60. The van der Waals surface area contributed by atoms with Crippen LogP contribution in [0.2, 0.25) is 0 Å². The molecule has 6 heteroatoms. The number of hydrogen-bond donors (Lipinski definition) is 1. The third kappa shape index (κ3) is 4.28. The van der Waals surface area contributed by atoms with Crippen molar-refractivity contribution in [3.05, 3.63) is 64.1 Å². The van der Waals surface area contributed by atoms with E-state index in [0.717, 1.165) is 18.4 Å². The first-order valence-electron chi connectivity index (χ1n) is 8.39. The summed E-state index contributed by atoms with van der Waals surface area (Å²) in [5.74, 6) is 0.0332. The summed E-state index contributed by atoms with van der Waals surface area (Å²) in [7, 11) is 1.42. The minimum absolute atomic E-state index is 0.152. The second-order valence-electron chi connectivity index (χ2n) is 6.07. The summed E-state index contributed by atoms with van der Waals surface area (Å²) in [4.78, 5) is 28.9. The number of H-pyrrole nitrogens is 1. The second-order valence-corrected chi connectivity index (χ2v) is 6.07. The maximum Gasteiger partial charge on any atom is 0.270 e. The van der Waals surface area contributed by atoms with Crippen LogP contribution in [0.4, 0.5) is 0 Å². The number of hydrogen-bond acceptors (Lipinski definition) is 4. The van der Waals surface area contributed by atoms with E-state index in [2.05, 4.69) is 4.98 Å². The van der Waals surface area contributed by atoms with Crippen LogP contribution in [0.1, 0.15) is 28.9 Å². The van der Waals surface area contributed by atoms with Gasteiger partial charge in [0.2, 0.25) is 5.43 Å². The minimum Gasteiger partial charge on any atom is -0.491 e. The van der Waals surface area contributed by atoms with Crippen molar-refractivity contribution in [1.29, 1.82) is 0 Å². The highest BCUT2D eigenvalue weighted by atomic mass is 16.5. The van der Waals surface area contributed by atoms with Crippen LogP contribution in [0.5, 0.6) is 5.75 Å². The monoisotopic (exact) mass is 342 g/mol. The van der Waals surface area contributed by atoms with Gasteiger partial charge in [0.25, 0.3) is 5.91 Å². The Labute approximate surface area is 146 Å². The Morgan fingerprint density at radius 1 is 1.24 bits per heavy atom. The summed E-state index contributed by atoms with van der Waals surface area (Å²) in [6.45, 7) is 1.82. The Kier molecular flexibility index (Phi) is 5.50. The van der Waals surface area contributed by atoms with Gasteiger partial charge in [0, 0.05) is 25.4 Å². The molecule has 1 aromatic heterocycles. The molecule has 1 amide bonds. The van der Waals surface area contributed by atoms with Crippen molar-refractivity contribution in [2.75, 3.05) is 20.2 Å². The van der Waals surface area contributed by atoms with Crippen molar-refractivity contribution in [2.24, 2.45) is 0 Å². The number of nitrogens with one attached hydrogen (secondary N) is 1. The molecule has 1 fully saturated rings. The summed E-state index contributed by atoms with van der Waals surface area (Å²) < 4.78 is 10.9. The Bertz CT molecular complexity index is 764. The third-order valence-corrected chi connectivity index (χ3v) is 4.39. The van der Waals surface area contributed by atoms with Crippen LogP contribution in [-0.2, 0) is 11.3 Å². The molecule has 0 spiro atoms. The topological polar surface area (TPSA) is 71.6 Å². The van der Waals surface area contributed by atoms with E-state index < -0.39 is 0 Å². The lowest BCUT2D eigenvalue weighted by molar-refractivity contribution is -0.000512. The normalized spacial score (nSPS) is 15.2. The van der Waals surface area contributed by atoms with Gasteiger partial charge in [-0.15, -0.1) is 0 Å². The van der Waals surface area contributed by atoms with Crippen molar-refractivity contribution < 1.29 is 14.3 Å². The lowest BCUT2D eigenvalue weighted by Gasteiger charge is -2.31. The van der Waals surface area contributed by atoms with Crippen LogP contribution < -0.4 is 10.2 Å². The molecular formula is C19H22N2O4. The maximum absolute atomic E-state index is 12.5. The predicted molar refractivity (Wildman–Crippen MR) is 93.8 cm³/mol. The van der Waals surface area contributed by atoms with Gasteiger partial charge in [0.15, 0.2) is 5.75 Å². The van der Waals surface area contributed by atoms with Gasteiger partial charge in [-0.05, 0) is 18.4 Å². The fraction of sp³-hybridized carbons (Fsp3) is 0.368. The highest BCUT2D eigenvalue weighted by Gasteiger charge is 2.24. The molecule has 0 aliphatic carbocycles. The zero-order valence-electron chi connectivity index (χ0n) is 14.2. The number of aromatic nitrogens is 1. The van der Waals surface area contributed by atoms with E-state index in [1.807, 2.05) is 30.3 Å². The average molecular weight is 342 g/mol. The number of carbonyl (C=O) groups excluding carboxylic acids is 1. The lowest BCUT2D eigenvalue weighted by atomic mass is 10.1. The molecule has 0 bridgehead atoms. The van der Waals surface area contributed by atoms with Gasteiger partial charge >= 0.3 is 0 Å². The molecule has 0 radical (unpaired) electrons. The van der Waals surface area contributed by atoms with Crippen LogP contribution in [0.15, 0.2) is 47.4 Å². The van der Waals surface area contributed by atoms with E-state index in [-0.39, 0.29) is 28.9 Å². The minimum atomic E-state index is -0.300. The largest absolute Gasteiger partial charge is 0.491 e. The van der Waals surface area contributed by atoms with Crippen molar-refractivity contribution in [2.45, 2.75) is 25.6 Å². The van der Waals surface area contributed by atoms with E-state index in [1.165, 1.54) is 19.4 Å². The molecule has 1 saturated heterocycles. The number of aromatic amines is 1. The van der Waals surface area contributed by atoms with Crippen LogP contribution >= 0.6 is 0 Å². The van der Waals surface area contributed by atoms with Crippen LogP contribution in [0, 0.1) is 0 Å². The maximum atomic E-state index is 12.5. The lowest BCUT2D eigenvalue weighted by Crippen LogP contribution is -2.41. The van der Waals surface area contributed by atoms with Gasteiger partial charge in [0.1, 0.15) is 5.69 Å². The second kappa shape index (κ2) is 7.98. The highest BCUT2D eigenvalue weighted by molar-refractivity contribution is 5.92. The van der Waals surface area contributed by atoms with E-state index in [4.69, 9.17) is 9.47 Å². The SMILES string of the molecule is COc1c[nH]c(C(=O)N2CCC(OCc3ccccc3)CC2)cc1=O. The number of ether oxygens (including phenoxy) is 2. The highest BCUT2D eigenvalue weighted by Crippen LogP contribution is 2.17. The number of likely N-dealkylation sites (tertiary alicyclic amines) is 1. The van der Waals surface area contributed by atoms with Crippen molar-refractivity contribution in [1.82, 2.24) is 9.88 Å². The summed E-state index contributed by atoms with van der Waals surface area (Å²) in [5.41, 5.74) is 1.14. The first kappa shape index (κ1) is 17.2. The zero-order chi connectivity index (χ0) is 17.6. The molecule has 132 valence electrons. The summed E-state index contributed by atoms with van der Waals surface area (Å²) in [5, 5.41) is 0. The molecule has 1 aliphatic rings. The summed E-state index contributed by atoms with van der Waals surface area (Å²) >= 11 is 0. The molecular weight excluding hydrogens is 320 g/mol. The quantitative estimate of drug-likeness (QED) is 0.904. The number of pyridine rings is 1. The summed E-state index contributed by atoms with van der Waals surface area (Å²) in [6.07, 6.45) is 3.16. The van der Waals surface area contributed by atoms with E-state index >= 15 is 0 Å². The number of nitrogens with zero attached hydrogens (tertiary/aromatic N) is 1. The Morgan fingerprint density at radius 3 is 2.60 bits per heavy atom. The number of benzene rings is 1. The number of carbonyl (C=O) groups is 1. The fourth-order valence-electron chi connectivity index (χ4n) is 2.93. The zero-order valence-corrected chi connectivity index (χ0v) is 14.2. The molecule has 25 heavy (non-hydrogen) atoms. The molecule has 2 heterocycles. The molecule has 3 rings (SSSR count). The molecule has 2 aromatic rings. The number of methoxy groups -OCH3 is 1. The van der Waals surface area contributed by atoms with Crippen LogP contribution in [-0.4, -0.2) is 42.1 Å². The smallest absolute Gasteiger partial charge is 0.270 e. The van der Waals surface area contributed by atoms with Gasteiger partial charge < -0.3 is 19.4 Å². The van der Waals surface area contributed by atoms with Gasteiger partial charge in [-0.2, -0.15) is 0 Å². The fourth-order valence-corrected chi connectivity index (χ4v) is 2.93. The molecule has 0 atom stereocenters. The predicted octanol–water partition coefficient (Wildman–Crippen LogP) is 2.20. The third-order valence-electron chi connectivity index (χ3n) is 4.39. The Morgan fingerprint density at radius 2 is 1.96 bits per heavy atom. The first-order valence-corrected chi connectivity index (χ1v) is 8.39. The van der Waals surface area contributed by atoms with Gasteiger partial charge in [-0.3, -0.25) is 9.59 Å². The van der Waals surface area contributed by atoms with Gasteiger partial charge in [-0.1, -0.05) is 30.3 Å². The van der Waals surface area contributed by atoms with Gasteiger partial charge in [0.05, 0.1) is 19.8 Å². The Balaban J connectivity index is 1.52. The molecule has 0 saturated carbocycles. The van der Waals surface area contributed by atoms with Crippen molar-refractivity contribution in [3.63, 3.8) is 0 Å². The molecule has 0 unspecified atom stereocenters. The van der Waals surface area contributed by atoms with Crippen LogP contribution in [0.3, 0.4) is 0 Å². The molecule has 1 aliphatic heterocycles. The van der Waals surface area contributed by atoms with Crippen molar-refractivity contribution >= 4 is 5.91 Å². The van der Waals surface area contributed by atoms with Crippen molar-refractivity contribution in [3.8, 4) is 5.75 Å². The van der Waals surface area contributed by atoms with E-state index in [9.17, 15) is 9.59 Å². The molecule has 1 N–H and O–H groups in total. The van der Waals surface area contributed by atoms with Gasteiger partial charge in [-0.25, -0.2) is 0 Å². The standard InChI is InChI=1S/C19H22N2O4/c1-24-18-12-20-16(11-17(18)22)19(23)21-9-7-15(8-10-21)25-13-14-5-3-2-4-6-14/h2-6,11-12,15H,7-10,13H2,1H3,(H,20,22). The average Bonchev–Trinajstić information content (AvgIpc) is 2.67. The van der Waals surface area contributed by atoms with E-state index in [1.54, 1.807) is 4.90 Å². The van der Waals surface area contributed by atoms with E-state index in [0.29, 0.717) is 19.7 Å². The number of piperidine rings is 1. The summed E-state index contributed by atoms with van der Waals surface area (Å²) in [6, 6.07) is 11.3. The number of amides is 1. The van der Waals surface area contributed by atoms with Crippen LogP contribution in [0.25, 0.3) is 0 Å². The molecule has 1 aromatic carbocycles.